The van der Waals surface area contributed by atoms with Crippen molar-refractivity contribution in [1.29, 1.82) is 0 Å². The van der Waals surface area contributed by atoms with Crippen LogP contribution in [0.15, 0.2) is 34.9 Å². The lowest BCUT2D eigenvalue weighted by molar-refractivity contribution is -0.121. The van der Waals surface area contributed by atoms with E-state index in [1.54, 1.807) is 18.3 Å². The molecular weight excluding hydrogens is 283 g/mol. The zero-order valence-corrected chi connectivity index (χ0v) is 12.9. The van der Waals surface area contributed by atoms with Crippen molar-refractivity contribution in [2.24, 2.45) is 0 Å². The van der Waals surface area contributed by atoms with Crippen LogP contribution in [0.3, 0.4) is 0 Å². The van der Waals surface area contributed by atoms with E-state index in [2.05, 4.69) is 24.1 Å². The van der Waals surface area contributed by atoms with Gasteiger partial charge in [0.25, 0.3) is 0 Å². The summed E-state index contributed by atoms with van der Waals surface area (Å²) in [4.78, 5) is 16.0. The fraction of sp³-hybridized carbons (Fsp3) is 0.412. The fourth-order valence-corrected chi connectivity index (χ4v) is 2.19. The van der Waals surface area contributed by atoms with Crippen LogP contribution in [-0.2, 0) is 11.2 Å². The molecule has 1 aromatic heterocycles. The summed E-state index contributed by atoms with van der Waals surface area (Å²) >= 11 is 0. The zero-order chi connectivity index (χ0) is 15.9. The van der Waals surface area contributed by atoms with Crippen molar-refractivity contribution in [2.45, 2.75) is 45.6 Å². The molecular formula is C17H21FN2O2. The van der Waals surface area contributed by atoms with Gasteiger partial charge in [-0.1, -0.05) is 13.8 Å². The molecule has 0 fully saturated rings. The second-order valence-corrected chi connectivity index (χ2v) is 5.21. The third-order valence-electron chi connectivity index (χ3n) is 3.60. The normalized spacial score (nSPS) is 10.9. The summed E-state index contributed by atoms with van der Waals surface area (Å²) in [5.74, 6) is 0.811. The van der Waals surface area contributed by atoms with E-state index in [1.165, 1.54) is 12.1 Å². The van der Waals surface area contributed by atoms with Gasteiger partial charge in [-0.2, -0.15) is 0 Å². The first-order valence-electron chi connectivity index (χ1n) is 7.62. The maximum Gasteiger partial charge on any atom is 0.220 e. The summed E-state index contributed by atoms with van der Waals surface area (Å²) in [6.45, 7) is 4.11. The molecule has 4 nitrogen and oxygen atoms in total. The molecule has 1 amide bonds. The van der Waals surface area contributed by atoms with Crippen LogP contribution in [0, 0.1) is 5.82 Å². The van der Waals surface area contributed by atoms with E-state index in [4.69, 9.17) is 4.42 Å². The van der Waals surface area contributed by atoms with Gasteiger partial charge in [0.15, 0.2) is 11.7 Å². The molecule has 0 aliphatic heterocycles. The van der Waals surface area contributed by atoms with E-state index >= 15 is 0 Å². The number of hydrogen-bond donors (Lipinski definition) is 1. The number of oxazole rings is 1. The fourth-order valence-electron chi connectivity index (χ4n) is 2.19. The van der Waals surface area contributed by atoms with Gasteiger partial charge in [-0.05, 0) is 37.1 Å². The molecule has 0 aliphatic rings. The molecule has 2 aromatic rings. The Morgan fingerprint density at radius 1 is 1.27 bits per heavy atom. The van der Waals surface area contributed by atoms with Gasteiger partial charge >= 0.3 is 0 Å². The predicted octanol–water partition coefficient (Wildman–Crippen LogP) is 3.72. The van der Waals surface area contributed by atoms with Crippen molar-refractivity contribution >= 4 is 5.91 Å². The number of aromatic nitrogens is 1. The number of aryl methyl sites for hydroxylation is 1. The first-order chi connectivity index (χ1) is 10.6. The van der Waals surface area contributed by atoms with Gasteiger partial charge in [0.2, 0.25) is 5.91 Å². The topological polar surface area (TPSA) is 55.1 Å². The largest absolute Gasteiger partial charge is 0.441 e. The van der Waals surface area contributed by atoms with Crippen molar-refractivity contribution < 1.29 is 13.6 Å². The molecule has 22 heavy (non-hydrogen) atoms. The summed E-state index contributed by atoms with van der Waals surface area (Å²) in [5, 5.41) is 2.98. The quantitative estimate of drug-likeness (QED) is 0.848. The SMILES string of the molecule is CCC(CC)NC(=O)CCc1ncc(-c2ccc(F)cc2)o1. The van der Waals surface area contributed by atoms with E-state index in [-0.39, 0.29) is 17.8 Å². The number of carbonyl (C=O) groups excluding carboxylic acids is 1. The maximum atomic E-state index is 12.9. The van der Waals surface area contributed by atoms with Gasteiger partial charge in [-0.15, -0.1) is 0 Å². The smallest absolute Gasteiger partial charge is 0.220 e. The lowest BCUT2D eigenvalue weighted by Gasteiger charge is -2.13. The maximum absolute atomic E-state index is 12.9. The lowest BCUT2D eigenvalue weighted by Crippen LogP contribution is -2.33. The number of amides is 1. The Morgan fingerprint density at radius 3 is 2.59 bits per heavy atom. The summed E-state index contributed by atoms with van der Waals surface area (Å²) < 4.78 is 18.5. The molecule has 0 bridgehead atoms. The molecule has 5 heteroatoms. The van der Waals surface area contributed by atoms with Gasteiger partial charge in [0.05, 0.1) is 6.20 Å². The molecule has 1 aromatic carbocycles. The van der Waals surface area contributed by atoms with Gasteiger partial charge < -0.3 is 9.73 Å². The average molecular weight is 304 g/mol. The van der Waals surface area contributed by atoms with Crippen LogP contribution < -0.4 is 5.32 Å². The molecule has 1 heterocycles. The molecule has 0 radical (unpaired) electrons. The Kier molecular flexibility index (Phi) is 5.69. The number of halogens is 1. The van der Waals surface area contributed by atoms with E-state index in [0.29, 0.717) is 24.5 Å². The first-order valence-corrected chi connectivity index (χ1v) is 7.62. The average Bonchev–Trinajstić information content (AvgIpc) is 3.00. The molecule has 118 valence electrons. The minimum absolute atomic E-state index is 0.00947. The Balaban J connectivity index is 1.89. The van der Waals surface area contributed by atoms with E-state index in [1.807, 2.05) is 0 Å². The van der Waals surface area contributed by atoms with Crippen LogP contribution in [0.4, 0.5) is 4.39 Å². The van der Waals surface area contributed by atoms with Gasteiger partial charge in [-0.3, -0.25) is 4.79 Å². The van der Waals surface area contributed by atoms with Crippen LogP contribution in [0.2, 0.25) is 0 Å². The molecule has 0 saturated carbocycles. The Hall–Kier alpha value is -2.17. The van der Waals surface area contributed by atoms with Crippen molar-refractivity contribution in [3.05, 3.63) is 42.2 Å². The van der Waals surface area contributed by atoms with Crippen molar-refractivity contribution in [3.63, 3.8) is 0 Å². The Bertz CT molecular complexity index is 603. The van der Waals surface area contributed by atoms with Crippen LogP contribution in [-0.4, -0.2) is 16.9 Å². The van der Waals surface area contributed by atoms with Gasteiger partial charge in [0, 0.05) is 24.4 Å². The summed E-state index contributed by atoms with van der Waals surface area (Å²) in [7, 11) is 0. The van der Waals surface area contributed by atoms with Crippen LogP contribution in [0.1, 0.15) is 39.0 Å². The number of rotatable bonds is 7. The van der Waals surface area contributed by atoms with Gasteiger partial charge in [-0.25, -0.2) is 9.37 Å². The Morgan fingerprint density at radius 2 is 1.95 bits per heavy atom. The monoisotopic (exact) mass is 304 g/mol. The standard InChI is InChI=1S/C17H21FN2O2/c1-3-14(4-2)20-16(21)9-10-17-19-11-15(22-17)12-5-7-13(18)8-6-12/h5-8,11,14H,3-4,9-10H2,1-2H3,(H,20,21). The summed E-state index contributed by atoms with van der Waals surface area (Å²) in [6, 6.07) is 6.26. The van der Waals surface area contributed by atoms with Crippen molar-refractivity contribution in [1.82, 2.24) is 10.3 Å². The highest BCUT2D eigenvalue weighted by molar-refractivity contribution is 5.76. The molecule has 0 saturated heterocycles. The Labute approximate surface area is 129 Å². The van der Waals surface area contributed by atoms with Gasteiger partial charge in [0.1, 0.15) is 5.82 Å². The molecule has 2 rings (SSSR count). The first kappa shape index (κ1) is 16.2. The van der Waals surface area contributed by atoms with E-state index in [0.717, 1.165) is 18.4 Å². The summed E-state index contributed by atoms with van der Waals surface area (Å²) in [5.41, 5.74) is 0.765. The van der Waals surface area contributed by atoms with Crippen LogP contribution in [0.5, 0.6) is 0 Å². The van der Waals surface area contributed by atoms with E-state index in [9.17, 15) is 9.18 Å². The number of hydrogen-bond acceptors (Lipinski definition) is 3. The van der Waals surface area contributed by atoms with Crippen molar-refractivity contribution in [3.8, 4) is 11.3 Å². The molecule has 1 N–H and O–H groups in total. The number of nitrogens with one attached hydrogen (secondary N) is 1. The van der Waals surface area contributed by atoms with Crippen LogP contribution in [0.25, 0.3) is 11.3 Å². The number of carbonyl (C=O) groups is 1. The number of benzene rings is 1. The van der Waals surface area contributed by atoms with Crippen molar-refractivity contribution in [2.75, 3.05) is 0 Å². The van der Waals surface area contributed by atoms with Crippen LogP contribution >= 0.6 is 0 Å². The highest BCUT2D eigenvalue weighted by atomic mass is 19.1. The molecule has 0 atom stereocenters. The van der Waals surface area contributed by atoms with E-state index < -0.39 is 0 Å². The third kappa shape index (κ3) is 4.41. The molecule has 0 spiro atoms. The second-order valence-electron chi connectivity index (χ2n) is 5.21. The lowest BCUT2D eigenvalue weighted by atomic mass is 10.1. The third-order valence-corrected chi connectivity index (χ3v) is 3.60. The second kappa shape index (κ2) is 7.73. The minimum Gasteiger partial charge on any atom is -0.441 e. The molecule has 0 unspecified atom stereocenters. The highest BCUT2D eigenvalue weighted by Gasteiger charge is 2.11. The molecule has 0 aliphatic carbocycles. The predicted molar refractivity (Wildman–Crippen MR) is 82.7 cm³/mol. The summed E-state index contributed by atoms with van der Waals surface area (Å²) in [6.07, 6.45) is 4.25. The minimum atomic E-state index is -0.290. The number of nitrogens with zero attached hydrogens (tertiary/aromatic N) is 1. The highest BCUT2D eigenvalue weighted by Crippen LogP contribution is 2.21. The zero-order valence-electron chi connectivity index (χ0n) is 12.9.